The van der Waals surface area contributed by atoms with Crippen LogP contribution in [0.2, 0.25) is 0 Å². The molecule has 5 nitrogen and oxygen atoms in total. The van der Waals surface area contributed by atoms with Crippen LogP contribution in [0.4, 0.5) is 0 Å². The molecule has 1 N–H and O–H groups in total. The van der Waals surface area contributed by atoms with Gasteiger partial charge < -0.3 is 5.11 Å². The van der Waals surface area contributed by atoms with E-state index in [9.17, 15) is 22.9 Å². The minimum absolute atomic E-state index is 0. The summed E-state index contributed by atoms with van der Waals surface area (Å²) >= 11 is 0. The summed E-state index contributed by atoms with van der Waals surface area (Å²) in [5.74, 6) is -0.233. The SMILES string of the molecule is CC1=CC(=O)C(C(C)C)=CC1=C(c1cc(C(C)C)c([O-])cc1C)c1ccccc1S(=O)(=O)O.[Na+]. The Kier molecular flexibility index (Phi) is 8.94. The van der Waals surface area contributed by atoms with Crippen molar-refractivity contribution in [2.45, 2.75) is 52.4 Å². The third-order valence-corrected chi connectivity index (χ3v) is 6.84. The second-order valence-corrected chi connectivity index (χ2v) is 10.5. The Bertz CT molecular complexity index is 1330. The molecular formula is C27H29NaO5S. The fourth-order valence-electron chi connectivity index (χ4n) is 4.17. The number of aryl methyl sites for hydroxylation is 1. The van der Waals surface area contributed by atoms with Crippen molar-refractivity contribution in [2.75, 3.05) is 0 Å². The van der Waals surface area contributed by atoms with E-state index in [1.54, 1.807) is 56.3 Å². The van der Waals surface area contributed by atoms with Crippen molar-refractivity contribution in [3.8, 4) is 5.75 Å². The molecule has 0 saturated carbocycles. The van der Waals surface area contributed by atoms with Crippen molar-refractivity contribution in [2.24, 2.45) is 5.92 Å². The monoisotopic (exact) mass is 488 g/mol. The van der Waals surface area contributed by atoms with Crippen LogP contribution in [0, 0.1) is 12.8 Å². The van der Waals surface area contributed by atoms with E-state index in [2.05, 4.69) is 0 Å². The smallest absolute Gasteiger partial charge is 0.872 e. The van der Waals surface area contributed by atoms with Gasteiger partial charge in [-0.05, 0) is 71.7 Å². The molecule has 2 aromatic rings. The van der Waals surface area contributed by atoms with Gasteiger partial charge in [-0.25, -0.2) is 0 Å². The van der Waals surface area contributed by atoms with Crippen LogP contribution in [0.15, 0.2) is 70.2 Å². The molecule has 0 atom stereocenters. The zero-order chi connectivity index (χ0) is 24.7. The number of hydrogen-bond donors (Lipinski definition) is 1. The van der Waals surface area contributed by atoms with Gasteiger partial charge in [0.1, 0.15) is 4.90 Å². The molecule has 0 saturated heterocycles. The number of rotatable bonds is 5. The average molecular weight is 489 g/mol. The maximum absolute atomic E-state index is 12.6. The van der Waals surface area contributed by atoms with E-state index >= 15 is 0 Å². The molecule has 174 valence electrons. The second kappa shape index (κ2) is 10.8. The van der Waals surface area contributed by atoms with Crippen molar-refractivity contribution < 1.29 is 52.4 Å². The molecule has 3 rings (SSSR count). The zero-order valence-electron chi connectivity index (χ0n) is 20.8. The Labute approximate surface area is 224 Å². The van der Waals surface area contributed by atoms with Gasteiger partial charge in [-0.1, -0.05) is 63.6 Å². The molecule has 34 heavy (non-hydrogen) atoms. The van der Waals surface area contributed by atoms with Crippen molar-refractivity contribution in [3.05, 3.63) is 87.5 Å². The number of benzene rings is 2. The average Bonchev–Trinajstić information content (AvgIpc) is 2.70. The molecule has 2 aromatic carbocycles. The van der Waals surface area contributed by atoms with Gasteiger partial charge in [0.25, 0.3) is 10.1 Å². The van der Waals surface area contributed by atoms with Crippen LogP contribution >= 0.6 is 0 Å². The minimum Gasteiger partial charge on any atom is -0.872 e. The number of hydrogen-bond acceptors (Lipinski definition) is 4. The largest absolute Gasteiger partial charge is 1.00 e. The van der Waals surface area contributed by atoms with Gasteiger partial charge in [0, 0.05) is 11.1 Å². The Balaban J connectivity index is 0.00000408. The van der Waals surface area contributed by atoms with E-state index in [1.807, 2.05) is 27.7 Å². The van der Waals surface area contributed by atoms with Gasteiger partial charge in [-0.15, -0.1) is 5.75 Å². The third-order valence-electron chi connectivity index (χ3n) is 5.93. The van der Waals surface area contributed by atoms with Crippen LogP contribution in [0.5, 0.6) is 5.75 Å². The van der Waals surface area contributed by atoms with E-state index in [-0.39, 0.29) is 57.8 Å². The quantitative estimate of drug-likeness (QED) is 0.515. The van der Waals surface area contributed by atoms with E-state index in [4.69, 9.17) is 0 Å². The molecule has 0 aromatic heterocycles. The van der Waals surface area contributed by atoms with Gasteiger partial charge in [-0.3, -0.25) is 9.35 Å². The van der Waals surface area contributed by atoms with Crippen molar-refractivity contribution in [1.29, 1.82) is 0 Å². The molecule has 0 heterocycles. The molecule has 0 bridgehead atoms. The molecule has 7 heteroatoms. The summed E-state index contributed by atoms with van der Waals surface area (Å²) in [6.07, 6.45) is 3.36. The normalized spacial score (nSPS) is 15.7. The first-order valence-electron chi connectivity index (χ1n) is 10.9. The van der Waals surface area contributed by atoms with Crippen LogP contribution < -0.4 is 34.7 Å². The Morgan fingerprint density at radius 1 is 0.941 bits per heavy atom. The second-order valence-electron chi connectivity index (χ2n) is 9.07. The molecule has 0 amide bonds. The van der Waals surface area contributed by atoms with Gasteiger partial charge in [0.15, 0.2) is 5.78 Å². The van der Waals surface area contributed by atoms with Crippen LogP contribution in [0.1, 0.15) is 62.8 Å². The van der Waals surface area contributed by atoms with E-state index in [0.29, 0.717) is 44.5 Å². The number of ketones is 1. The predicted molar refractivity (Wildman–Crippen MR) is 129 cm³/mol. The summed E-state index contributed by atoms with van der Waals surface area (Å²) in [4.78, 5) is 12.4. The van der Waals surface area contributed by atoms with Crippen LogP contribution in [0.25, 0.3) is 5.57 Å². The number of carbonyl (C=O) groups excluding carboxylic acids is 1. The maximum Gasteiger partial charge on any atom is 1.00 e. The summed E-state index contributed by atoms with van der Waals surface area (Å²) in [7, 11) is -4.53. The predicted octanol–water partition coefficient (Wildman–Crippen LogP) is 2.36. The first kappa shape index (κ1) is 28.3. The van der Waals surface area contributed by atoms with Gasteiger partial charge in [0.05, 0.1) is 0 Å². The first-order valence-corrected chi connectivity index (χ1v) is 12.3. The molecule has 0 fully saturated rings. The van der Waals surface area contributed by atoms with Crippen molar-refractivity contribution >= 4 is 21.5 Å². The molecule has 1 aliphatic carbocycles. The summed E-state index contributed by atoms with van der Waals surface area (Å²) in [6.45, 7) is 11.3. The third kappa shape index (κ3) is 5.64. The fraction of sp³-hybridized carbons (Fsp3) is 0.296. The summed E-state index contributed by atoms with van der Waals surface area (Å²) < 4.78 is 34.6. The van der Waals surface area contributed by atoms with Gasteiger partial charge in [-0.2, -0.15) is 8.42 Å². The van der Waals surface area contributed by atoms with Crippen LogP contribution in [-0.4, -0.2) is 18.8 Å². The topological polar surface area (TPSA) is 94.5 Å². The maximum atomic E-state index is 12.6. The van der Waals surface area contributed by atoms with Crippen molar-refractivity contribution in [1.82, 2.24) is 0 Å². The molecule has 1 aliphatic rings. The van der Waals surface area contributed by atoms with Gasteiger partial charge >= 0.3 is 29.6 Å². The van der Waals surface area contributed by atoms with Crippen LogP contribution in [-0.2, 0) is 14.9 Å². The Morgan fingerprint density at radius 3 is 2.12 bits per heavy atom. The molecular weight excluding hydrogens is 459 g/mol. The fourth-order valence-corrected chi connectivity index (χ4v) is 4.87. The molecule has 0 aliphatic heterocycles. The minimum atomic E-state index is -4.53. The summed E-state index contributed by atoms with van der Waals surface area (Å²) in [5, 5.41) is 12.6. The number of carbonyl (C=O) groups is 1. The van der Waals surface area contributed by atoms with Crippen LogP contribution in [0.3, 0.4) is 0 Å². The van der Waals surface area contributed by atoms with E-state index < -0.39 is 10.1 Å². The van der Waals surface area contributed by atoms with Gasteiger partial charge in [0.2, 0.25) is 0 Å². The Morgan fingerprint density at radius 2 is 1.56 bits per heavy atom. The number of allylic oxidation sites excluding steroid dienone is 5. The van der Waals surface area contributed by atoms with Crippen molar-refractivity contribution in [3.63, 3.8) is 0 Å². The first-order chi connectivity index (χ1) is 15.3. The summed E-state index contributed by atoms with van der Waals surface area (Å²) in [5.41, 5.74) is 4.83. The standard InChI is InChI=1S/C27H30O5S.Na/c1-15(2)20-13-22(17(5)11-24(20)28)27(19-9-7-8-10-26(19)33(30,31)32)23-14-21(16(3)4)25(29)12-18(23)6;/h7-16,28H,1-6H3,(H,30,31,32);/q;+1/p-1. The summed E-state index contributed by atoms with van der Waals surface area (Å²) in [6, 6.07) is 9.60. The van der Waals surface area contributed by atoms with E-state index in [1.165, 1.54) is 6.07 Å². The molecule has 0 unspecified atom stereocenters. The van der Waals surface area contributed by atoms with E-state index in [0.717, 1.165) is 0 Å². The molecule has 0 radical (unpaired) electrons. The zero-order valence-corrected chi connectivity index (χ0v) is 23.6. The molecule has 0 spiro atoms. The Hall–Kier alpha value is -1.96.